The fraction of sp³-hybridized carbons (Fsp3) is 0.280. The van der Waals surface area contributed by atoms with Gasteiger partial charge in [0.1, 0.15) is 12.4 Å². The Hall–Kier alpha value is -3.78. The van der Waals surface area contributed by atoms with E-state index in [9.17, 15) is 4.79 Å². The average Bonchev–Trinajstić information content (AvgIpc) is 3.35. The summed E-state index contributed by atoms with van der Waals surface area (Å²) in [6.45, 7) is 1.81. The van der Waals surface area contributed by atoms with Crippen LogP contribution < -0.4 is 4.74 Å². The number of amides is 1. The lowest BCUT2D eigenvalue weighted by atomic mass is 10.1. The van der Waals surface area contributed by atoms with E-state index in [0.717, 1.165) is 29.4 Å². The molecule has 5 rings (SSSR count). The maximum atomic E-state index is 12.9. The number of fused-ring (bicyclic) bond motifs is 1. The Bertz CT molecular complexity index is 1230. The molecule has 3 aromatic heterocycles. The van der Waals surface area contributed by atoms with Crippen LogP contribution in [0, 0.1) is 0 Å². The number of carbonyl (C=O) groups excluding carboxylic acids is 1. The number of hydrogen-bond acceptors (Lipinski definition) is 7. The van der Waals surface area contributed by atoms with Crippen molar-refractivity contribution in [1.29, 1.82) is 0 Å². The number of pyridine rings is 2. The fourth-order valence-electron chi connectivity index (χ4n) is 3.89. The molecule has 0 saturated carbocycles. The SMILES string of the molecule is O=C(c1cc(COc2ccc3ncccc3c2)on1)N1CCCC(OCc2ccccn2)C1. The Morgan fingerprint density at radius 2 is 2.00 bits per heavy atom. The molecule has 8 nitrogen and oxygen atoms in total. The first kappa shape index (κ1) is 21.1. The van der Waals surface area contributed by atoms with Crippen LogP contribution in [0.3, 0.4) is 0 Å². The molecule has 8 heteroatoms. The van der Waals surface area contributed by atoms with Crippen LogP contribution in [-0.4, -0.2) is 45.1 Å². The second-order valence-electron chi connectivity index (χ2n) is 7.97. The normalized spacial score (nSPS) is 16.1. The van der Waals surface area contributed by atoms with Gasteiger partial charge in [0.25, 0.3) is 5.91 Å². The van der Waals surface area contributed by atoms with Gasteiger partial charge in [-0.05, 0) is 49.2 Å². The summed E-state index contributed by atoms with van der Waals surface area (Å²) >= 11 is 0. The first-order chi connectivity index (χ1) is 16.2. The number of ether oxygens (including phenoxy) is 2. The second kappa shape index (κ2) is 9.79. The highest BCUT2D eigenvalue weighted by atomic mass is 16.5. The lowest BCUT2D eigenvalue weighted by molar-refractivity contribution is -0.00811. The van der Waals surface area contributed by atoms with Crippen LogP contribution >= 0.6 is 0 Å². The molecular formula is C25H24N4O4. The molecule has 1 fully saturated rings. The highest BCUT2D eigenvalue weighted by Gasteiger charge is 2.27. The highest BCUT2D eigenvalue weighted by Crippen LogP contribution is 2.21. The van der Waals surface area contributed by atoms with Crippen molar-refractivity contribution in [2.24, 2.45) is 0 Å². The maximum absolute atomic E-state index is 12.9. The number of benzene rings is 1. The van der Waals surface area contributed by atoms with Crippen molar-refractivity contribution < 1.29 is 18.8 Å². The zero-order chi connectivity index (χ0) is 22.5. The lowest BCUT2D eigenvalue weighted by Gasteiger charge is -2.32. The number of rotatable bonds is 7. The molecule has 33 heavy (non-hydrogen) atoms. The number of hydrogen-bond donors (Lipinski definition) is 0. The van der Waals surface area contributed by atoms with Gasteiger partial charge in [-0.1, -0.05) is 17.3 Å². The molecule has 4 aromatic rings. The minimum absolute atomic E-state index is 0.0261. The average molecular weight is 444 g/mol. The molecule has 0 radical (unpaired) electrons. The second-order valence-corrected chi connectivity index (χ2v) is 7.97. The first-order valence-electron chi connectivity index (χ1n) is 11.0. The predicted molar refractivity (Wildman–Crippen MR) is 121 cm³/mol. The van der Waals surface area contributed by atoms with Crippen LogP contribution in [0.5, 0.6) is 5.75 Å². The Labute approximate surface area is 191 Å². The third kappa shape index (κ3) is 5.18. The Kier molecular flexibility index (Phi) is 6.25. The van der Waals surface area contributed by atoms with Crippen molar-refractivity contribution in [3.63, 3.8) is 0 Å². The number of aromatic nitrogens is 3. The minimum atomic E-state index is -0.159. The molecule has 1 atom stereocenters. The van der Waals surface area contributed by atoms with E-state index >= 15 is 0 Å². The fourth-order valence-corrected chi connectivity index (χ4v) is 3.89. The largest absolute Gasteiger partial charge is 0.486 e. The van der Waals surface area contributed by atoms with E-state index in [1.165, 1.54) is 0 Å². The molecule has 1 unspecified atom stereocenters. The van der Waals surface area contributed by atoms with Crippen molar-refractivity contribution in [2.45, 2.75) is 32.2 Å². The molecule has 0 bridgehead atoms. The molecule has 0 spiro atoms. The van der Waals surface area contributed by atoms with Gasteiger partial charge < -0.3 is 18.9 Å². The van der Waals surface area contributed by atoms with Gasteiger partial charge in [-0.25, -0.2) is 0 Å². The molecule has 1 aromatic carbocycles. The van der Waals surface area contributed by atoms with E-state index in [2.05, 4.69) is 15.1 Å². The summed E-state index contributed by atoms with van der Waals surface area (Å²) in [5.74, 6) is 1.03. The monoisotopic (exact) mass is 444 g/mol. The number of nitrogens with zero attached hydrogens (tertiary/aromatic N) is 4. The summed E-state index contributed by atoms with van der Waals surface area (Å²) in [5.41, 5.74) is 2.06. The predicted octanol–water partition coefficient (Wildman–Crippen LogP) is 4.02. The van der Waals surface area contributed by atoms with Crippen LogP contribution in [-0.2, 0) is 18.0 Å². The number of piperidine rings is 1. The van der Waals surface area contributed by atoms with Crippen molar-refractivity contribution in [1.82, 2.24) is 20.0 Å². The van der Waals surface area contributed by atoms with Crippen molar-refractivity contribution in [3.05, 3.63) is 84.1 Å². The van der Waals surface area contributed by atoms with Gasteiger partial charge in [-0.2, -0.15) is 0 Å². The zero-order valence-corrected chi connectivity index (χ0v) is 18.1. The van der Waals surface area contributed by atoms with E-state index in [4.69, 9.17) is 14.0 Å². The van der Waals surface area contributed by atoms with E-state index in [0.29, 0.717) is 31.2 Å². The van der Waals surface area contributed by atoms with Crippen LogP contribution in [0.15, 0.2) is 71.5 Å². The van der Waals surface area contributed by atoms with Gasteiger partial charge >= 0.3 is 0 Å². The molecule has 1 amide bonds. The minimum Gasteiger partial charge on any atom is -0.486 e. The summed E-state index contributed by atoms with van der Waals surface area (Å²) in [6.07, 6.45) is 5.27. The van der Waals surface area contributed by atoms with Gasteiger partial charge in [0.15, 0.2) is 11.5 Å². The first-order valence-corrected chi connectivity index (χ1v) is 11.0. The van der Waals surface area contributed by atoms with Gasteiger partial charge in [0.05, 0.1) is 23.9 Å². The maximum Gasteiger partial charge on any atom is 0.276 e. The quantitative estimate of drug-likeness (QED) is 0.425. The zero-order valence-electron chi connectivity index (χ0n) is 18.1. The smallest absolute Gasteiger partial charge is 0.276 e. The molecule has 168 valence electrons. The molecule has 1 aliphatic heterocycles. The van der Waals surface area contributed by atoms with Crippen LogP contribution in [0.25, 0.3) is 10.9 Å². The molecule has 1 aliphatic rings. The molecule has 0 aliphatic carbocycles. The summed E-state index contributed by atoms with van der Waals surface area (Å²) < 4.78 is 17.1. The van der Waals surface area contributed by atoms with Crippen molar-refractivity contribution in [3.8, 4) is 5.75 Å². The summed E-state index contributed by atoms with van der Waals surface area (Å²) in [5, 5.41) is 4.96. The Morgan fingerprint density at radius 3 is 2.91 bits per heavy atom. The number of likely N-dealkylation sites (tertiary alicyclic amines) is 1. The van der Waals surface area contributed by atoms with E-state index in [1.54, 1.807) is 23.4 Å². The van der Waals surface area contributed by atoms with E-state index < -0.39 is 0 Å². The third-order valence-corrected chi connectivity index (χ3v) is 5.59. The number of carbonyl (C=O) groups is 1. The third-order valence-electron chi connectivity index (χ3n) is 5.59. The van der Waals surface area contributed by atoms with Crippen LogP contribution in [0.1, 0.15) is 34.8 Å². The van der Waals surface area contributed by atoms with Gasteiger partial charge in [-0.15, -0.1) is 0 Å². The lowest BCUT2D eigenvalue weighted by Crippen LogP contribution is -2.43. The summed E-state index contributed by atoms with van der Waals surface area (Å²) in [7, 11) is 0. The van der Waals surface area contributed by atoms with Gasteiger partial charge in [-0.3, -0.25) is 14.8 Å². The highest BCUT2D eigenvalue weighted by molar-refractivity contribution is 5.92. The molecule has 0 N–H and O–H groups in total. The van der Waals surface area contributed by atoms with Crippen LogP contribution in [0.2, 0.25) is 0 Å². The van der Waals surface area contributed by atoms with Gasteiger partial charge in [0.2, 0.25) is 0 Å². The van der Waals surface area contributed by atoms with E-state index in [1.807, 2.05) is 48.5 Å². The van der Waals surface area contributed by atoms with E-state index in [-0.39, 0.29) is 24.3 Å². The standard InChI is InChI=1S/C25H24N4O4/c30-25(29-12-4-7-21(15-29)31-16-19-6-1-2-10-26-19)24-14-22(33-28-24)17-32-20-8-9-23-18(13-20)5-3-11-27-23/h1-3,5-6,8-11,13-14,21H,4,7,12,15-17H2. The topological polar surface area (TPSA) is 90.6 Å². The Morgan fingerprint density at radius 1 is 1.06 bits per heavy atom. The molecule has 4 heterocycles. The summed E-state index contributed by atoms with van der Waals surface area (Å²) in [6, 6.07) is 16.9. The molecule has 1 saturated heterocycles. The van der Waals surface area contributed by atoms with Crippen molar-refractivity contribution >= 4 is 16.8 Å². The van der Waals surface area contributed by atoms with Crippen LogP contribution in [0.4, 0.5) is 0 Å². The van der Waals surface area contributed by atoms with Crippen molar-refractivity contribution in [2.75, 3.05) is 13.1 Å². The Balaban J connectivity index is 1.16. The van der Waals surface area contributed by atoms with Gasteiger partial charge in [0, 0.05) is 36.9 Å². The molecular weight excluding hydrogens is 420 g/mol. The summed E-state index contributed by atoms with van der Waals surface area (Å²) in [4.78, 5) is 23.3.